The number of hydrogen-bond acceptors (Lipinski definition) is 1. The summed E-state index contributed by atoms with van der Waals surface area (Å²) >= 11 is 0. The Morgan fingerprint density at radius 2 is 1.64 bits per heavy atom. The van der Waals surface area contributed by atoms with E-state index in [2.05, 4.69) is 45.9 Å². The second kappa shape index (κ2) is 4.61. The third kappa shape index (κ3) is 2.58. The monoisotopic (exact) mass is 191 g/mol. The van der Waals surface area contributed by atoms with Gasteiger partial charge in [0.05, 0.1) is 0 Å². The highest BCUT2D eigenvalue weighted by molar-refractivity contribution is 5.35. The molecule has 2 N–H and O–H groups in total. The van der Waals surface area contributed by atoms with E-state index in [1.54, 1.807) is 0 Å². The summed E-state index contributed by atoms with van der Waals surface area (Å²) in [6.07, 6.45) is 1.06. The van der Waals surface area contributed by atoms with Crippen LogP contribution in [0.1, 0.15) is 43.0 Å². The molecule has 0 heterocycles. The second-order valence-corrected chi connectivity index (χ2v) is 4.54. The Bertz CT molecular complexity index is 282. The summed E-state index contributed by atoms with van der Waals surface area (Å²) in [6, 6.07) is 6.57. The van der Waals surface area contributed by atoms with Gasteiger partial charge in [0, 0.05) is 6.04 Å². The Balaban J connectivity index is 2.94. The number of rotatable bonds is 3. The van der Waals surface area contributed by atoms with Crippen LogP contribution in [0.15, 0.2) is 18.2 Å². The largest absolute Gasteiger partial charge is 0.324 e. The highest BCUT2D eigenvalue weighted by Gasteiger charge is 2.12. The average Bonchev–Trinajstić information content (AvgIpc) is 2.01. The smallest absolute Gasteiger partial charge is 0.0302 e. The van der Waals surface area contributed by atoms with Gasteiger partial charge in [-0.25, -0.2) is 0 Å². The molecule has 0 aliphatic carbocycles. The van der Waals surface area contributed by atoms with Crippen LogP contribution >= 0.6 is 0 Å². The van der Waals surface area contributed by atoms with E-state index in [0.29, 0.717) is 5.92 Å². The first-order valence-electron chi connectivity index (χ1n) is 5.34. The summed E-state index contributed by atoms with van der Waals surface area (Å²) in [5, 5.41) is 0. The van der Waals surface area contributed by atoms with E-state index in [1.807, 2.05) is 0 Å². The summed E-state index contributed by atoms with van der Waals surface area (Å²) in [5.74, 6) is 0.656. The number of hydrogen-bond donors (Lipinski definition) is 1. The Morgan fingerprint density at radius 3 is 2.07 bits per heavy atom. The van der Waals surface area contributed by atoms with Crippen LogP contribution in [-0.2, 0) is 0 Å². The molecular formula is C13H21N. The van der Waals surface area contributed by atoms with Crippen molar-refractivity contribution in [3.63, 3.8) is 0 Å². The number of benzene rings is 1. The van der Waals surface area contributed by atoms with Crippen LogP contribution in [0.4, 0.5) is 0 Å². The minimum Gasteiger partial charge on any atom is -0.324 e. The molecule has 0 saturated heterocycles. The van der Waals surface area contributed by atoms with Crippen LogP contribution in [0.25, 0.3) is 0 Å². The van der Waals surface area contributed by atoms with Crippen LogP contribution < -0.4 is 5.73 Å². The van der Waals surface area contributed by atoms with E-state index >= 15 is 0 Å². The zero-order valence-corrected chi connectivity index (χ0v) is 9.67. The van der Waals surface area contributed by atoms with E-state index in [1.165, 1.54) is 16.7 Å². The molecule has 0 aromatic heterocycles. The maximum absolute atomic E-state index is 6.20. The normalized spacial score (nSPS) is 13.3. The molecular weight excluding hydrogens is 170 g/mol. The fraction of sp³-hybridized carbons (Fsp3) is 0.538. The van der Waals surface area contributed by atoms with E-state index < -0.39 is 0 Å². The minimum atomic E-state index is 0.191. The fourth-order valence-electron chi connectivity index (χ4n) is 2.04. The lowest BCUT2D eigenvalue weighted by Crippen LogP contribution is -2.15. The molecule has 0 radical (unpaired) electrons. The topological polar surface area (TPSA) is 26.0 Å². The van der Waals surface area contributed by atoms with Crippen molar-refractivity contribution in [1.82, 2.24) is 0 Å². The van der Waals surface area contributed by atoms with Gasteiger partial charge in [0.2, 0.25) is 0 Å². The predicted molar refractivity (Wildman–Crippen MR) is 62.3 cm³/mol. The Hall–Kier alpha value is -0.820. The molecule has 1 atom stereocenters. The third-order valence-corrected chi connectivity index (χ3v) is 2.64. The van der Waals surface area contributed by atoms with Crippen molar-refractivity contribution in [3.8, 4) is 0 Å². The highest BCUT2D eigenvalue weighted by Crippen LogP contribution is 2.24. The molecule has 0 spiro atoms. The van der Waals surface area contributed by atoms with Gasteiger partial charge in [-0.2, -0.15) is 0 Å². The summed E-state index contributed by atoms with van der Waals surface area (Å²) in [7, 11) is 0. The van der Waals surface area contributed by atoms with Crippen molar-refractivity contribution in [1.29, 1.82) is 0 Å². The quantitative estimate of drug-likeness (QED) is 0.779. The molecule has 1 unspecified atom stereocenters. The highest BCUT2D eigenvalue weighted by atomic mass is 14.6. The standard InChI is InChI=1S/C13H21N/c1-9(2)8-12(14)13-10(3)6-5-7-11(13)4/h5-7,9,12H,8,14H2,1-4H3. The predicted octanol–water partition coefficient (Wildman–Crippen LogP) is 3.35. The zero-order valence-electron chi connectivity index (χ0n) is 9.67. The number of aryl methyl sites for hydroxylation is 2. The van der Waals surface area contributed by atoms with Gasteiger partial charge in [0.1, 0.15) is 0 Å². The van der Waals surface area contributed by atoms with E-state index in [0.717, 1.165) is 6.42 Å². The lowest BCUT2D eigenvalue weighted by molar-refractivity contribution is 0.507. The van der Waals surface area contributed by atoms with Crippen LogP contribution in [0.3, 0.4) is 0 Å². The summed E-state index contributed by atoms with van der Waals surface area (Å²) < 4.78 is 0. The molecule has 0 aliphatic heterocycles. The van der Waals surface area contributed by atoms with Gasteiger partial charge in [-0.1, -0.05) is 32.0 Å². The minimum absolute atomic E-state index is 0.191. The summed E-state index contributed by atoms with van der Waals surface area (Å²) in [6.45, 7) is 8.71. The third-order valence-electron chi connectivity index (χ3n) is 2.64. The van der Waals surface area contributed by atoms with E-state index in [9.17, 15) is 0 Å². The maximum Gasteiger partial charge on any atom is 0.0302 e. The van der Waals surface area contributed by atoms with Crippen LogP contribution in [0.2, 0.25) is 0 Å². The molecule has 0 saturated carbocycles. The van der Waals surface area contributed by atoms with Crippen LogP contribution in [-0.4, -0.2) is 0 Å². The molecule has 1 heteroatoms. The Kier molecular flexibility index (Phi) is 3.70. The van der Waals surface area contributed by atoms with Gasteiger partial charge < -0.3 is 5.73 Å². The summed E-state index contributed by atoms with van der Waals surface area (Å²) in [5.41, 5.74) is 10.2. The Labute approximate surface area is 87.3 Å². The molecule has 0 bridgehead atoms. The first kappa shape index (κ1) is 11.3. The SMILES string of the molecule is Cc1cccc(C)c1C(N)CC(C)C. The number of nitrogens with two attached hydrogens (primary N) is 1. The van der Waals surface area contributed by atoms with Crippen molar-refractivity contribution >= 4 is 0 Å². The molecule has 78 valence electrons. The van der Waals surface area contributed by atoms with E-state index in [-0.39, 0.29) is 6.04 Å². The van der Waals surface area contributed by atoms with Gasteiger partial charge in [-0.05, 0) is 42.9 Å². The fourth-order valence-corrected chi connectivity index (χ4v) is 2.04. The first-order chi connectivity index (χ1) is 6.52. The lowest BCUT2D eigenvalue weighted by atomic mass is 9.91. The first-order valence-corrected chi connectivity index (χ1v) is 5.34. The van der Waals surface area contributed by atoms with Gasteiger partial charge >= 0.3 is 0 Å². The zero-order chi connectivity index (χ0) is 10.7. The Morgan fingerprint density at radius 1 is 1.14 bits per heavy atom. The van der Waals surface area contributed by atoms with Gasteiger partial charge in [0.25, 0.3) is 0 Å². The summed E-state index contributed by atoms with van der Waals surface area (Å²) in [4.78, 5) is 0. The van der Waals surface area contributed by atoms with Gasteiger partial charge in [-0.3, -0.25) is 0 Å². The second-order valence-electron chi connectivity index (χ2n) is 4.54. The van der Waals surface area contributed by atoms with Crippen molar-refractivity contribution < 1.29 is 0 Å². The van der Waals surface area contributed by atoms with Gasteiger partial charge in [-0.15, -0.1) is 0 Å². The van der Waals surface area contributed by atoms with Crippen molar-refractivity contribution in [3.05, 3.63) is 34.9 Å². The average molecular weight is 191 g/mol. The molecule has 1 aromatic carbocycles. The van der Waals surface area contributed by atoms with Crippen molar-refractivity contribution in [2.75, 3.05) is 0 Å². The van der Waals surface area contributed by atoms with Crippen LogP contribution in [0.5, 0.6) is 0 Å². The maximum atomic E-state index is 6.20. The van der Waals surface area contributed by atoms with E-state index in [4.69, 9.17) is 5.73 Å². The molecule has 0 fully saturated rings. The molecule has 14 heavy (non-hydrogen) atoms. The molecule has 0 aliphatic rings. The molecule has 0 amide bonds. The lowest BCUT2D eigenvalue weighted by Gasteiger charge is -2.19. The molecule has 1 rings (SSSR count). The molecule has 1 aromatic rings. The van der Waals surface area contributed by atoms with Gasteiger partial charge in [0.15, 0.2) is 0 Å². The van der Waals surface area contributed by atoms with Crippen molar-refractivity contribution in [2.45, 2.75) is 40.2 Å². The molecule has 1 nitrogen and oxygen atoms in total. The van der Waals surface area contributed by atoms with Crippen molar-refractivity contribution in [2.24, 2.45) is 11.7 Å². The van der Waals surface area contributed by atoms with Crippen LogP contribution in [0, 0.1) is 19.8 Å².